The van der Waals surface area contributed by atoms with Gasteiger partial charge in [0.2, 0.25) is 5.78 Å². The predicted molar refractivity (Wildman–Crippen MR) is 84.2 cm³/mol. The summed E-state index contributed by atoms with van der Waals surface area (Å²) in [5.41, 5.74) is 0.975. The van der Waals surface area contributed by atoms with Crippen molar-refractivity contribution < 1.29 is 9.90 Å². The van der Waals surface area contributed by atoms with Crippen LogP contribution in [0.25, 0.3) is 0 Å². The first-order chi connectivity index (χ1) is 10.0. The molecule has 0 aliphatic carbocycles. The lowest BCUT2D eigenvalue weighted by Gasteiger charge is -2.14. The minimum Gasteiger partial charge on any atom is -0.380 e. The molecule has 1 unspecified atom stereocenters. The van der Waals surface area contributed by atoms with Gasteiger partial charge in [-0.05, 0) is 35.6 Å². The van der Waals surface area contributed by atoms with Crippen LogP contribution in [-0.4, -0.2) is 46.2 Å². The lowest BCUT2D eigenvalue weighted by atomic mass is 10.0. The van der Waals surface area contributed by atoms with Crippen molar-refractivity contribution in [3.8, 4) is 0 Å². The van der Waals surface area contributed by atoms with E-state index < -0.39 is 6.10 Å². The number of Topliss-reactive ketones (excluding diaryl/α,β-unsaturated/α-hetero) is 1. The first-order valence-electron chi connectivity index (χ1n) is 6.64. The van der Waals surface area contributed by atoms with Crippen molar-refractivity contribution in [2.45, 2.75) is 12.6 Å². The first kappa shape index (κ1) is 15.9. The second-order valence-electron chi connectivity index (χ2n) is 5.05. The third-order valence-electron chi connectivity index (χ3n) is 3.15. The lowest BCUT2D eigenvalue weighted by molar-refractivity contribution is 0.0734. The zero-order chi connectivity index (χ0) is 15.4. The predicted octanol–water partition coefficient (Wildman–Crippen LogP) is 2.12. The van der Waals surface area contributed by atoms with Gasteiger partial charge >= 0.3 is 0 Å². The van der Waals surface area contributed by atoms with Crippen LogP contribution in [-0.2, 0) is 6.54 Å². The van der Waals surface area contributed by atoms with Crippen LogP contribution in [0.3, 0.4) is 0 Å². The third-order valence-corrected chi connectivity index (χ3v) is 3.73. The average molecular weight is 352 g/mol. The second-order valence-corrected chi connectivity index (χ2v) is 5.90. The van der Waals surface area contributed by atoms with Crippen LogP contribution >= 0.6 is 15.9 Å². The van der Waals surface area contributed by atoms with Gasteiger partial charge < -0.3 is 10.0 Å². The van der Waals surface area contributed by atoms with Crippen LogP contribution in [0.15, 0.2) is 41.0 Å². The van der Waals surface area contributed by atoms with Crippen molar-refractivity contribution in [2.24, 2.45) is 0 Å². The van der Waals surface area contributed by atoms with E-state index in [9.17, 15) is 9.90 Å². The van der Waals surface area contributed by atoms with Crippen molar-refractivity contribution >= 4 is 21.7 Å². The van der Waals surface area contributed by atoms with Gasteiger partial charge in [0.15, 0.2) is 0 Å². The smallest absolute Gasteiger partial charge is 0.214 e. The molecule has 6 heteroatoms. The Hall–Kier alpha value is -1.50. The average Bonchev–Trinajstić information content (AvgIpc) is 2.85. The molecule has 21 heavy (non-hydrogen) atoms. The molecule has 2 rings (SSSR count). The summed E-state index contributed by atoms with van der Waals surface area (Å²) in [5, 5.41) is 14.5. The second kappa shape index (κ2) is 6.98. The number of aliphatic hydroxyl groups excluding tert-OH is 1. The molecule has 0 fully saturated rings. The summed E-state index contributed by atoms with van der Waals surface area (Å²) >= 11 is 3.34. The maximum atomic E-state index is 12.5. The van der Waals surface area contributed by atoms with Gasteiger partial charge in [0.25, 0.3) is 0 Å². The highest BCUT2D eigenvalue weighted by atomic mass is 79.9. The fourth-order valence-corrected chi connectivity index (χ4v) is 2.48. The monoisotopic (exact) mass is 351 g/mol. The number of carbonyl (C=O) groups is 1. The zero-order valence-electron chi connectivity index (χ0n) is 12.0. The van der Waals surface area contributed by atoms with E-state index in [0.717, 1.165) is 6.54 Å². The molecule has 0 aliphatic heterocycles. The van der Waals surface area contributed by atoms with Gasteiger partial charge in [-0.2, -0.15) is 5.10 Å². The van der Waals surface area contributed by atoms with Crippen molar-refractivity contribution in [3.05, 3.63) is 52.3 Å². The number of carbonyl (C=O) groups excluding carboxylic acids is 1. The largest absolute Gasteiger partial charge is 0.380 e. The molecule has 1 aromatic carbocycles. The summed E-state index contributed by atoms with van der Waals surface area (Å²) in [5.74, 6) is -0.357. The normalized spacial score (nSPS) is 12.6. The zero-order valence-corrected chi connectivity index (χ0v) is 13.6. The Morgan fingerprint density at radius 1 is 1.38 bits per heavy atom. The Morgan fingerprint density at radius 3 is 2.67 bits per heavy atom. The number of hydrogen-bond acceptors (Lipinski definition) is 4. The maximum Gasteiger partial charge on any atom is 0.214 e. The number of aromatic nitrogens is 2. The Balaban J connectivity index is 2.24. The van der Waals surface area contributed by atoms with Crippen LogP contribution in [0.4, 0.5) is 0 Å². The van der Waals surface area contributed by atoms with E-state index in [0.29, 0.717) is 22.3 Å². The molecule has 0 radical (unpaired) electrons. The van der Waals surface area contributed by atoms with Crippen LogP contribution < -0.4 is 0 Å². The van der Waals surface area contributed by atoms with Crippen molar-refractivity contribution in [3.63, 3.8) is 0 Å². The molecule has 5 nitrogen and oxygen atoms in total. The maximum absolute atomic E-state index is 12.5. The van der Waals surface area contributed by atoms with Gasteiger partial charge in [-0.15, -0.1) is 0 Å². The highest BCUT2D eigenvalue weighted by molar-refractivity contribution is 9.10. The number of halogens is 1. The molecule has 0 amide bonds. The van der Waals surface area contributed by atoms with E-state index >= 15 is 0 Å². The van der Waals surface area contributed by atoms with Crippen molar-refractivity contribution in [2.75, 3.05) is 20.6 Å². The van der Waals surface area contributed by atoms with E-state index in [4.69, 9.17) is 0 Å². The van der Waals surface area contributed by atoms with Gasteiger partial charge in [-0.1, -0.05) is 30.3 Å². The van der Waals surface area contributed by atoms with Crippen LogP contribution in [0.1, 0.15) is 22.2 Å². The summed E-state index contributed by atoms with van der Waals surface area (Å²) in [6.45, 7) is 1.34. The Morgan fingerprint density at radius 2 is 2.05 bits per heavy atom. The third kappa shape index (κ3) is 3.78. The fraction of sp³-hybridized carbons (Fsp3) is 0.333. The van der Waals surface area contributed by atoms with Crippen molar-refractivity contribution in [1.82, 2.24) is 14.7 Å². The van der Waals surface area contributed by atoms with Crippen LogP contribution in [0, 0.1) is 0 Å². The molecule has 0 spiro atoms. The van der Waals surface area contributed by atoms with Gasteiger partial charge in [0.05, 0.1) is 17.2 Å². The number of likely N-dealkylation sites (N-methyl/N-ethyl adjacent to an activating group) is 1. The molecule has 1 heterocycles. The summed E-state index contributed by atoms with van der Waals surface area (Å²) < 4.78 is 2.22. The summed E-state index contributed by atoms with van der Waals surface area (Å²) in [6.07, 6.45) is 0.401. The van der Waals surface area contributed by atoms with Gasteiger partial charge in [0.1, 0.15) is 11.8 Å². The lowest BCUT2D eigenvalue weighted by Crippen LogP contribution is -2.23. The molecule has 112 valence electrons. The van der Waals surface area contributed by atoms with Gasteiger partial charge in [-0.25, -0.2) is 0 Å². The van der Waals surface area contributed by atoms with Crippen molar-refractivity contribution in [1.29, 1.82) is 0 Å². The number of benzene rings is 1. The Labute approximate surface area is 132 Å². The summed E-state index contributed by atoms with van der Waals surface area (Å²) in [4.78, 5) is 14.5. The molecule has 1 aromatic heterocycles. The minimum absolute atomic E-state index is 0.357. The molecule has 1 N–H and O–H groups in total. The van der Waals surface area contributed by atoms with Gasteiger partial charge in [0, 0.05) is 6.54 Å². The Kier molecular flexibility index (Phi) is 5.27. The topological polar surface area (TPSA) is 58.4 Å². The SMILES string of the molecule is CN(C)CCn1ncc(Br)c1C(=O)C(O)c1ccccc1. The van der Waals surface area contributed by atoms with E-state index in [1.165, 1.54) is 0 Å². The van der Waals surface area contributed by atoms with E-state index in [2.05, 4.69) is 21.0 Å². The summed E-state index contributed by atoms with van der Waals surface area (Å²) in [6, 6.07) is 8.90. The fourth-order valence-electron chi connectivity index (χ4n) is 1.99. The number of aliphatic hydroxyl groups is 1. The number of rotatable bonds is 6. The molecule has 0 aliphatic rings. The van der Waals surface area contributed by atoms with Crippen LogP contribution in [0.5, 0.6) is 0 Å². The molecule has 0 saturated heterocycles. The van der Waals surface area contributed by atoms with E-state index in [1.54, 1.807) is 35.1 Å². The number of ketones is 1. The molecular weight excluding hydrogens is 334 g/mol. The molecule has 2 aromatic rings. The minimum atomic E-state index is -1.18. The number of nitrogens with zero attached hydrogens (tertiary/aromatic N) is 3. The van der Waals surface area contributed by atoms with Crippen LogP contribution in [0.2, 0.25) is 0 Å². The quantitative estimate of drug-likeness (QED) is 0.810. The molecule has 1 atom stereocenters. The molecule has 0 saturated carbocycles. The molecule has 0 bridgehead atoms. The summed E-state index contributed by atoms with van der Waals surface area (Å²) in [7, 11) is 3.91. The highest BCUT2D eigenvalue weighted by Crippen LogP contribution is 2.23. The number of hydrogen-bond donors (Lipinski definition) is 1. The van der Waals surface area contributed by atoms with E-state index in [1.807, 2.05) is 25.1 Å². The van der Waals surface area contributed by atoms with E-state index in [-0.39, 0.29) is 5.78 Å². The standard InChI is InChI=1S/C15H18BrN3O2/c1-18(2)8-9-19-13(12(16)10-17-19)15(21)14(20)11-6-4-3-5-7-11/h3-7,10,14,20H,8-9H2,1-2H3. The van der Waals surface area contributed by atoms with Gasteiger partial charge in [-0.3, -0.25) is 9.48 Å². The highest BCUT2D eigenvalue weighted by Gasteiger charge is 2.25. The molecular formula is C15H18BrN3O2. The Bertz CT molecular complexity index is 611. The first-order valence-corrected chi connectivity index (χ1v) is 7.43.